The number of rotatable bonds is 7. The maximum Gasteiger partial charge on any atom is 0.194 e. The van der Waals surface area contributed by atoms with Crippen LogP contribution >= 0.6 is 0 Å². The molecule has 1 aromatic heterocycles. The number of piperidine rings is 3. The van der Waals surface area contributed by atoms with Crippen molar-refractivity contribution >= 4 is 16.7 Å². The van der Waals surface area contributed by atoms with Gasteiger partial charge in [-0.2, -0.15) is 0 Å². The van der Waals surface area contributed by atoms with Crippen molar-refractivity contribution in [2.75, 3.05) is 13.1 Å². The van der Waals surface area contributed by atoms with E-state index in [1.54, 1.807) is 0 Å². The van der Waals surface area contributed by atoms with Crippen LogP contribution in [0.4, 0.5) is 0 Å². The van der Waals surface area contributed by atoms with Crippen LogP contribution in [-0.4, -0.2) is 40.4 Å². The first-order valence-electron chi connectivity index (χ1n) is 12.3. The third kappa shape index (κ3) is 4.22. The Morgan fingerprint density at radius 3 is 2.61 bits per heavy atom. The first kappa shape index (κ1) is 22.2. The van der Waals surface area contributed by atoms with Crippen molar-refractivity contribution in [2.24, 2.45) is 11.8 Å². The molecule has 3 aromatic rings. The molecule has 3 saturated heterocycles. The summed E-state index contributed by atoms with van der Waals surface area (Å²) in [4.78, 5) is 20.7. The molecule has 0 radical (unpaired) electrons. The van der Waals surface area contributed by atoms with Crippen molar-refractivity contribution in [1.29, 1.82) is 0 Å². The highest BCUT2D eigenvalue weighted by atomic mass is 16.5. The van der Waals surface area contributed by atoms with E-state index in [4.69, 9.17) is 4.74 Å². The standard InChI is InChI=1S/C29H34N2O2/c1-4-20-19-31-17-15-22(20)18-26(31)27(24-14-16-30-25-13-9-8-12-23(24)25)33-29(2,3)28(32)21-10-6-5-7-11-21/h5-14,16,20,22,26-27H,4,15,17-19H2,1-3H3/t20-,22-,26+,27+/m0/s1. The molecule has 0 saturated carbocycles. The summed E-state index contributed by atoms with van der Waals surface area (Å²) >= 11 is 0. The Morgan fingerprint density at radius 2 is 1.88 bits per heavy atom. The number of hydrogen-bond acceptors (Lipinski definition) is 4. The molecule has 0 aliphatic carbocycles. The molecule has 2 aromatic carbocycles. The highest BCUT2D eigenvalue weighted by Crippen LogP contribution is 2.45. The van der Waals surface area contributed by atoms with Crippen LogP contribution in [0.5, 0.6) is 0 Å². The molecule has 5 atom stereocenters. The largest absolute Gasteiger partial charge is 0.358 e. The fraction of sp³-hybridized carbons (Fsp3) is 0.448. The predicted molar refractivity (Wildman–Crippen MR) is 132 cm³/mol. The van der Waals surface area contributed by atoms with Gasteiger partial charge in [-0.15, -0.1) is 0 Å². The van der Waals surface area contributed by atoms with Gasteiger partial charge in [-0.1, -0.05) is 61.9 Å². The summed E-state index contributed by atoms with van der Waals surface area (Å²) < 4.78 is 6.89. The molecule has 4 nitrogen and oxygen atoms in total. The van der Waals surface area contributed by atoms with E-state index in [1.807, 2.05) is 56.4 Å². The van der Waals surface area contributed by atoms with Crippen LogP contribution in [0.15, 0.2) is 66.9 Å². The lowest BCUT2D eigenvalue weighted by atomic mass is 9.72. The van der Waals surface area contributed by atoms with Gasteiger partial charge in [0.05, 0.1) is 5.52 Å². The first-order chi connectivity index (χ1) is 16.0. The summed E-state index contributed by atoms with van der Waals surface area (Å²) in [7, 11) is 0. The molecule has 3 aliphatic rings. The average molecular weight is 443 g/mol. The van der Waals surface area contributed by atoms with Crippen LogP contribution in [-0.2, 0) is 4.74 Å². The van der Waals surface area contributed by atoms with Crippen LogP contribution in [0, 0.1) is 11.8 Å². The number of ether oxygens (including phenoxy) is 1. The number of aromatic nitrogens is 1. The van der Waals surface area contributed by atoms with E-state index in [-0.39, 0.29) is 17.9 Å². The summed E-state index contributed by atoms with van der Waals surface area (Å²) in [6.07, 6.45) is 5.31. The molecule has 0 N–H and O–H groups in total. The molecular weight excluding hydrogens is 408 g/mol. The van der Waals surface area contributed by atoms with E-state index in [1.165, 1.54) is 12.8 Å². The lowest BCUT2D eigenvalue weighted by Gasteiger charge is -2.52. The van der Waals surface area contributed by atoms with Gasteiger partial charge in [0.2, 0.25) is 0 Å². The van der Waals surface area contributed by atoms with E-state index < -0.39 is 5.60 Å². The second kappa shape index (κ2) is 9.00. The van der Waals surface area contributed by atoms with E-state index in [0.717, 1.165) is 47.8 Å². The number of ketones is 1. The maximum atomic E-state index is 13.5. The summed E-state index contributed by atoms with van der Waals surface area (Å²) in [6.45, 7) is 8.39. The quantitative estimate of drug-likeness (QED) is 0.416. The second-order valence-corrected chi connectivity index (χ2v) is 10.2. The lowest BCUT2D eigenvalue weighted by molar-refractivity contribution is -0.122. The molecule has 0 amide bonds. The number of benzene rings is 2. The number of nitrogens with zero attached hydrogens (tertiary/aromatic N) is 2. The van der Waals surface area contributed by atoms with Crippen molar-refractivity contribution in [3.05, 3.63) is 78.0 Å². The molecule has 2 bridgehead atoms. The van der Waals surface area contributed by atoms with Crippen LogP contribution in [0.1, 0.15) is 62.1 Å². The van der Waals surface area contributed by atoms with Crippen LogP contribution in [0.3, 0.4) is 0 Å². The Labute approximate surface area is 197 Å². The molecule has 1 unspecified atom stereocenters. The number of pyridine rings is 1. The van der Waals surface area contributed by atoms with Gasteiger partial charge in [-0.05, 0) is 62.8 Å². The van der Waals surface area contributed by atoms with Crippen LogP contribution in [0.25, 0.3) is 10.9 Å². The average Bonchev–Trinajstić information content (AvgIpc) is 2.87. The molecule has 3 fully saturated rings. The fourth-order valence-corrected chi connectivity index (χ4v) is 5.98. The Bertz CT molecular complexity index is 1120. The third-order valence-corrected chi connectivity index (χ3v) is 7.80. The van der Waals surface area contributed by atoms with E-state index in [9.17, 15) is 4.79 Å². The molecule has 4 heteroatoms. The lowest BCUT2D eigenvalue weighted by Crippen LogP contribution is -2.56. The van der Waals surface area contributed by atoms with Crippen molar-refractivity contribution < 1.29 is 9.53 Å². The SMILES string of the molecule is CC[C@H]1CN2CC[C@H]1C[C@@H]2[C@H](OC(C)(C)C(=O)c1ccccc1)c1ccnc2ccccc12. The highest BCUT2D eigenvalue weighted by Gasteiger charge is 2.46. The van der Waals surface area contributed by atoms with Gasteiger partial charge in [0.25, 0.3) is 0 Å². The van der Waals surface area contributed by atoms with Crippen molar-refractivity contribution in [1.82, 2.24) is 9.88 Å². The van der Waals surface area contributed by atoms with Crippen molar-refractivity contribution in [3.63, 3.8) is 0 Å². The minimum atomic E-state index is -0.946. The number of hydrogen-bond donors (Lipinski definition) is 0. The maximum absolute atomic E-state index is 13.5. The summed E-state index contributed by atoms with van der Waals surface area (Å²) in [5.74, 6) is 1.52. The molecule has 3 aliphatic heterocycles. The number of carbonyl (C=O) groups excluding carboxylic acids is 1. The molecular formula is C29H34N2O2. The minimum absolute atomic E-state index is 0.0221. The Hall–Kier alpha value is -2.56. The molecule has 0 spiro atoms. The van der Waals surface area contributed by atoms with E-state index in [2.05, 4.69) is 41.1 Å². The van der Waals surface area contributed by atoms with Crippen molar-refractivity contribution in [3.8, 4) is 0 Å². The summed E-state index contributed by atoms with van der Waals surface area (Å²) in [5.41, 5.74) is 1.86. The second-order valence-electron chi connectivity index (χ2n) is 10.2. The van der Waals surface area contributed by atoms with Gasteiger partial charge >= 0.3 is 0 Å². The number of Topliss-reactive ketones (excluding diaryl/α,β-unsaturated/α-hetero) is 1. The summed E-state index contributed by atoms with van der Waals surface area (Å²) in [6, 6.07) is 20.1. The zero-order valence-electron chi connectivity index (χ0n) is 19.9. The van der Waals surface area contributed by atoms with Gasteiger partial charge < -0.3 is 4.74 Å². The predicted octanol–water partition coefficient (Wildman–Crippen LogP) is 6.07. The van der Waals surface area contributed by atoms with Gasteiger partial charge in [0.15, 0.2) is 5.78 Å². The topological polar surface area (TPSA) is 42.4 Å². The third-order valence-electron chi connectivity index (χ3n) is 7.80. The number of fused-ring (bicyclic) bond motifs is 4. The van der Waals surface area contributed by atoms with Gasteiger partial charge in [0.1, 0.15) is 11.7 Å². The zero-order valence-corrected chi connectivity index (χ0v) is 19.9. The highest BCUT2D eigenvalue weighted by molar-refractivity contribution is 6.02. The minimum Gasteiger partial charge on any atom is -0.358 e. The van der Waals surface area contributed by atoms with Gasteiger partial charge in [-0.25, -0.2) is 0 Å². The van der Waals surface area contributed by atoms with Gasteiger partial charge in [0, 0.05) is 29.7 Å². The first-order valence-corrected chi connectivity index (χ1v) is 12.3. The Kier molecular flexibility index (Phi) is 6.07. The molecule has 4 heterocycles. The number of para-hydroxylation sites is 1. The van der Waals surface area contributed by atoms with Crippen LogP contribution in [0.2, 0.25) is 0 Å². The summed E-state index contributed by atoms with van der Waals surface area (Å²) in [5, 5.41) is 1.11. The number of carbonyl (C=O) groups is 1. The van der Waals surface area contributed by atoms with Gasteiger partial charge in [-0.3, -0.25) is 14.7 Å². The smallest absolute Gasteiger partial charge is 0.194 e. The van der Waals surface area contributed by atoms with Crippen molar-refractivity contribution in [2.45, 2.75) is 57.8 Å². The van der Waals surface area contributed by atoms with Crippen LogP contribution < -0.4 is 0 Å². The normalized spacial score (nSPS) is 25.8. The zero-order chi connectivity index (χ0) is 23.0. The molecule has 6 rings (SSSR count). The Balaban J connectivity index is 1.54. The van der Waals surface area contributed by atoms with E-state index >= 15 is 0 Å². The fourth-order valence-electron chi connectivity index (χ4n) is 5.98. The van der Waals surface area contributed by atoms with E-state index in [0.29, 0.717) is 5.56 Å². The molecule has 33 heavy (non-hydrogen) atoms. The monoisotopic (exact) mass is 442 g/mol. The molecule has 172 valence electrons. The Morgan fingerprint density at radius 1 is 1.12 bits per heavy atom.